The molecule has 27 heavy (non-hydrogen) atoms. The molecule has 5 nitrogen and oxygen atoms in total. The minimum atomic E-state index is -0.792. The molecule has 0 radical (unpaired) electrons. The van der Waals surface area contributed by atoms with Crippen LogP contribution in [0.4, 0.5) is 11.4 Å². The second-order valence-corrected chi connectivity index (χ2v) is 8.44. The number of carbonyl (C=O) groups is 1. The van der Waals surface area contributed by atoms with Crippen LogP contribution in [0.1, 0.15) is 77.2 Å². The van der Waals surface area contributed by atoms with Crippen molar-refractivity contribution < 1.29 is 14.6 Å². The van der Waals surface area contributed by atoms with Gasteiger partial charge in [0.05, 0.1) is 30.5 Å². The van der Waals surface area contributed by atoms with Gasteiger partial charge in [-0.15, -0.1) is 0 Å². The Hall–Kier alpha value is -1.75. The number of anilines is 2. The highest BCUT2D eigenvalue weighted by Crippen LogP contribution is 2.35. The van der Waals surface area contributed by atoms with Crippen molar-refractivity contribution in [2.75, 3.05) is 24.3 Å². The highest BCUT2D eigenvalue weighted by molar-refractivity contribution is 5.72. The zero-order valence-corrected chi connectivity index (χ0v) is 17.3. The van der Waals surface area contributed by atoms with E-state index < -0.39 is 5.60 Å². The van der Waals surface area contributed by atoms with Crippen molar-refractivity contribution in [3.8, 4) is 0 Å². The smallest absolute Gasteiger partial charge is 0.306 e. The number of aliphatic hydroxyl groups is 1. The topological polar surface area (TPSA) is 75.8 Å². The van der Waals surface area contributed by atoms with E-state index >= 15 is 0 Å². The third-order valence-corrected chi connectivity index (χ3v) is 5.54. The van der Waals surface area contributed by atoms with Crippen molar-refractivity contribution in [3.63, 3.8) is 0 Å². The molecule has 0 aromatic heterocycles. The molecule has 5 heteroatoms. The third-order valence-electron chi connectivity index (χ3n) is 5.54. The van der Waals surface area contributed by atoms with E-state index in [-0.39, 0.29) is 11.9 Å². The van der Waals surface area contributed by atoms with E-state index in [1.807, 2.05) is 19.9 Å². The Morgan fingerprint density at radius 2 is 2.00 bits per heavy atom. The molecule has 1 aliphatic carbocycles. The van der Waals surface area contributed by atoms with Gasteiger partial charge in [-0.25, -0.2) is 0 Å². The summed E-state index contributed by atoms with van der Waals surface area (Å²) >= 11 is 0. The molecule has 0 aliphatic heterocycles. The van der Waals surface area contributed by atoms with E-state index in [2.05, 4.69) is 24.0 Å². The Labute approximate surface area is 163 Å². The quantitative estimate of drug-likeness (QED) is 0.524. The van der Waals surface area contributed by atoms with E-state index in [0.29, 0.717) is 24.7 Å². The van der Waals surface area contributed by atoms with Gasteiger partial charge in [0.15, 0.2) is 0 Å². The number of hydrogen-bond donors (Lipinski definition) is 2. The van der Waals surface area contributed by atoms with Gasteiger partial charge in [-0.2, -0.15) is 0 Å². The van der Waals surface area contributed by atoms with Gasteiger partial charge in [0.2, 0.25) is 0 Å². The van der Waals surface area contributed by atoms with Crippen LogP contribution >= 0.6 is 0 Å². The minimum Gasteiger partial charge on any atom is -0.469 e. The molecule has 152 valence electrons. The summed E-state index contributed by atoms with van der Waals surface area (Å²) in [7, 11) is 1.42. The Morgan fingerprint density at radius 3 is 2.52 bits per heavy atom. The average Bonchev–Trinajstić information content (AvgIpc) is 2.64. The number of ether oxygens (including phenoxy) is 1. The Morgan fingerprint density at radius 1 is 1.33 bits per heavy atom. The maximum Gasteiger partial charge on any atom is 0.306 e. The van der Waals surface area contributed by atoms with Crippen molar-refractivity contribution in [2.24, 2.45) is 0 Å². The van der Waals surface area contributed by atoms with Crippen LogP contribution < -0.4 is 10.6 Å². The molecule has 1 fully saturated rings. The molecule has 0 unspecified atom stereocenters. The zero-order valence-electron chi connectivity index (χ0n) is 17.3. The Kier molecular flexibility index (Phi) is 7.54. The van der Waals surface area contributed by atoms with Crippen LogP contribution in [-0.2, 0) is 9.53 Å². The summed E-state index contributed by atoms with van der Waals surface area (Å²) in [5, 5.41) is 10.4. The van der Waals surface area contributed by atoms with Crippen LogP contribution in [0.3, 0.4) is 0 Å². The Balaban J connectivity index is 2.29. The molecule has 0 heterocycles. The van der Waals surface area contributed by atoms with Crippen molar-refractivity contribution >= 4 is 17.3 Å². The van der Waals surface area contributed by atoms with Gasteiger partial charge >= 0.3 is 5.97 Å². The summed E-state index contributed by atoms with van der Waals surface area (Å²) in [5.41, 5.74) is 8.44. The zero-order chi connectivity index (χ0) is 20.0. The fourth-order valence-corrected chi connectivity index (χ4v) is 4.09. The summed E-state index contributed by atoms with van der Waals surface area (Å²) in [6.07, 6.45) is 7.22. The highest BCUT2D eigenvalue weighted by atomic mass is 16.5. The van der Waals surface area contributed by atoms with Crippen LogP contribution in [0.25, 0.3) is 0 Å². The summed E-state index contributed by atoms with van der Waals surface area (Å²) in [4.78, 5) is 14.0. The number of rotatable bonds is 8. The number of carbonyl (C=O) groups excluding carboxylic acids is 1. The van der Waals surface area contributed by atoms with Crippen LogP contribution in [0.5, 0.6) is 0 Å². The van der Waals surface area contributed by atoms with Crippen LogP contribution in [0, 0.1) is 0 Å². The summed E-state index contributed by atoms with van der Waals surface area (Å²) in [6, 6.07) is 6.54. The number of nitrogens with two attached hydrogens (primary N) is 1. The van der Waals surface area contributed by atoms with Crippen molar-refractivity contribution in [3.05, 3.63) is 23.8 Å². The van der Waals surface area contributed by atoms with Gasteiger partial charge in [0, 0.05) is 12.6 Å². The summed E-state index contributed by atoms with van der Waals surface area (Å²) in [6.45, 7) is 6.31. The first kappa shape index (κ1) is 21.5. The number of benzene rings is 1. The molecule has 3 N–H and O–H groups in total. The van der Waals surface area contributed by atoms with Gasteiger partial charge in [0.25, 0.3) is 0 Å². The lowest BCUT2D eigenvalue weighted by molar-refractivity contribution is -0.141. The first-order chi connectivity index (χ1) is 12.7. The average molecular weight is 377 g/mol. The van der Waals surface area contributed by atoms with Crippen molar-refractivity contribution in [2.45, 2.75) is 83.3 Å². The summed E-state index contributed by atoms with van der Waals surface area (Å²) in [5.74, 6) is -0.0958. The van der Waals surface area contributed by atoms with Gasteiger partial charge in [-0.05, 0) is 56.7 Å². The maximum atomic E-state index is 11.7. The number of methoxy groups -OCH3 is 1. The molecule has 0 saturated heterocycles. The molecular formula is C22H36N2O3. The first-order valence-electron chi connectivity index (χ1n) is 10.2. The maximum absolute atomic E-state index is 11.7. The largest absolute Gasteiger partial charge is 0.469 e. The number of esters is 1. The molecule has 1 aromatic rings. The van der Waals surface area contributed by atoms with E-state index in [0.717, 1.165) is 30.5 Å². The molecule has 0 amide bonds. The third kappa shape index (κ3) is 6.13. The second kappa shape index (κ2) is 9.45. The first-order valence-corrected chi connectivity index (χ1v) is 10.2. The van der Waals surface area contributed by atoms with Crippen LogP contribution in [0.2, 0.25) is 0 Å². The normalized spacial score (nSPS) is 16.8. The van der Waals surface area contributed by atoms with Crippen molar-refractivity contribution in [1.82, 2.24) is 0 Å². The lowest BCUT2D eigenvalue weighted by Crippen LogP contribution is -2.45. The molecule has 0 bridgehead atoms. The highest BCUT2D eigenvalue weighted by Gasteiger charge is 2.28. The van der Waals surface area contributed by atoms with Gasteiger partial charge < -0.3 is 20.5 Å². The second-order valence-electron chi connectivity index (χ2n) is 8.44. The SMILES string of the molecule is CC[C@H](CC(=O)OC)c1ccc(N(CC(C)(C)O)C2CCCCC2)c(N)c1. The molecule has 2 rings (SSSR count). The Bertz CT molecular complexity index is 618. The number of hydrogen-bond acceptors (Lipinski definition) is 5. The van der Waals surface area contributed by atoms with E-state index in [9.17, 15) is 9.90 Å². The van der Waals surface area contributed by atoms with Gasteiger partial charge in [0.1, 0.15) is 0 Å². The van der Waals surface area contributed by atoms with Crippen LogP contribution in [0.15, 0.2) is 18.2 Å². The van der Waals surface area contributed by atoms with E-state index in [1.54, 1.807) is 0 Å². The van der Waals surface area contributed by atoms with Gasteiger partial charge in [-0.1, -0.05) is 32.3 Å². The molecule has 1 atom stereocenters. The lowest BCUT2D eigenvalue weighted by Gasteiger charge is -2.40. The molecule has 1 aromatic carbocycles. The lowest BCUT2D eigenvalue weighted by atomic mass is 9.90. The van der Waals surface area contributed by atoms with Crippen LogP contribution in [-0.4, -0.2) is 36.4 Å². The molecule has 0 spiro atoms. The fraction of sp³-hybridized carbons (Fsp3) is 0.682. The fourth-order valence-electron chi connectivity index (χ4n) is 4.09. The van der Waals surface area contributed by atoms with E-state index in [4.69, 9.17) is 10.5 Å². The van der Waals surface area contributed by atoms with Crippen molar-refractivity contribution in [1.29, 1.82) is 0 Å². The molecule has 1 saturated carbocycles. The molecule has 1 aliphatic rings. The standard InChI is InChI=1S/C22H36N2O3/c1-5-16(14-21(25)27-4)17-11-12-20(19(23)13-17)24(15-22(2,3)26)18-9-7-6-8-10-18/h11-13,16,18,26H,5-10,14-15,23H2,1-4H3/t16-/m1/s1. The van der Waals surface area contributed by atoms with E-state index in [1.165, 1.54) is 26.4 Å². The predicted molar refractivity (Wildman–Crippen MR) is 111 cm³/mol. The summed E-state index contributed by atoms with van der Waals surface area (Å²) < 4.78 is 4.82. The number of nitrogens with zero attached hydrogens (tertiary/aromatic N) is 1. The minimum absolute atomic E-state index is 0.103. The number of nitrogen functional groups attached to an aromatic ring is 1. The van der Waals surface area contributed by atoms with Gasteiger partial charge in [-0.3, -0.25) is 4.79 Å². The molecular weight excluding hydrogens is 340 g/mol. The predicted octanol–water partition coefficient (Wildman–Crippen LogP) is 4.24. The monoisotopic (exact) mass is 376 g/mol.